The van der Waals surface area contributed by atoms with E-state index in [0.29, 0.717) is 12.1 Å². The summed E-state index contributed by atoms with van der Waals surface area (Å²) in [5.41, 5.74) is 6.76. The molecule has 0 saturated carbocycles. The van der Waals surface area contributed by atoms with Gasteiger partial charge in [0.1, 0.15) is 0 Å². The Morgan fingerprint density at radius 3 is 2.59 bits per heavy atom. The van der Waals surface area contributed by atoms with Crippen LogP contribution in [0.3, 0.4) is 0 Å². The van der Waals surface area contributed by atoms with Crippen molar-refractivity contribution in [2.24, 2.45) is 5.73 Å². The SMILES string of the molecule is NC(c1cnn(Cc2ccccc2)c1)C(F)F. The minimum Gasteiger partial charge on any atom is -0.319 e. The van der Waals surface area contributed by atoms with Crippen LogP contribution >= 0.6 is 0 Å². The van der Waals surface area contributed by atoms with Crippen molar-refractivity contribution in [1.29, 1.82) is 0 Å². The number of halogens is 2. The third kappa shape index (κ3) is 2.88. The molecule has 0 fully saturated rings. The maximum Gasteiger partial charge on any atom is 0.257 e. The van der Waals surface area contributed by atoms with Crippen LogP contribution in [0.5, 0.6) is 0 Å². The monoisotopic (exact) mass is 237 g/mol. The zero-order valence-electron chi connectivity index (χ0n) is 9.13. The van der Waals surface area contributed by atoms with E-state index in [2.05, 4.69) is 5.10 Å². The predicted octanol–water partition coefficient (Wildman–Crippen LogP) is 2.20. The van der Waals surface area contributed by atoms with Crippen molar-refractivity contribution in [3.05, 3.63) is 53.9 Å². The van der Waals surface area contributed by atoms with E-state index in [4.69, 9.17) is 5.73 Å². The molecule has 0 radical (unpaired) electrons. The zero-order valence-corrected chi connectivity index (χ0v) is 9.13. The molecule has 0 aliphatic heterocycles. The van der Waals surface area contributed by atoms with Crippen molar-refractivity contribution in [3.8, 4) is 0 Å². The molecular formula is C12H13F2N3. The molecule has 2 aromatic rings. The van der Waals surface area contributed by atoms with Crippen LogP contribution in [0.1, 0.15) is 17.2 Å². The highest BCUT2D eigenvalue weighted by Crippen LogP contribution is 2.17. The normalized spacial score (nSPS) is 12.9. The first-order chi connectivity index (χ1) is 8.16. The van der Waals surface area contributed by atoms with Gasteiger partial charge >= 0.3 is 0 Å². The quantitative estimate of drug-likeness (QED) is 0.885. The second-order valence-corrected chi connectivity index (χ2v) is 3.82. The number of hydrogen-bond donors (Lipinski definition) is 1. The van der Waals surface area contributed by atoms with E-state index in [-0.39, 0.29) is 0 Å². The summed E-state index contributed by atoms with van der Waals surface area (Å²) < 4.78 is 26.4. The van der Waals surface area contributed by atoms with Crippen LogP contribution in [0.25, 0.3) is 0 Å². The van der Waals surface area contributed by atoms with E-state index in [9.17, 15) is 8.78 Å². The summed E-state index contributed by atoms with van der Waals surface area (Å²) in [6.07, 6.45) is 0.383. The second kappa shape index (κ2) is 5.05. The molecule has 3 nitrogen and oxygen atoms in total. The minimum absolute atomic E-state index is 0.357. The van der Waals surface area contributed by atoms with Crippen molar-refractivity contribution < 1.29 is 8.78 Å². The fourth-order valence-electron chi connectivity index (χ4n) is 1.55. The maximum atomic E-state index is 12.4. The summed E-state index contributed by atoms with van der Waals surface area (Å²) in [7, 11) is 0. The molecule has 2 N–H and O–H groups in total. The molecule has 90 valence electrons. The first kappa shape index (κ1) is 11.7. The molecule has 5 heteroatoms. The third-order valence-electron chi connectivity index (χ3n) is 2.50. The number of alkyl halides is 2. The van der Waals surface area contributed by atoms with Crippen molar-refractivity contribution in [3.63, 3.8) is 0 Å². The summed E-state index contributed by atoms with van der Waals surface area (Å²) >= 11 is 0. The summed E-state index contributed by atoms with van der Waals surface area (Å²) in [5.74, 6) is 0. The molecular weight excluding hydrogens is 224 g/mol. The molecule has 1 heterocycles. The molecule has 0 spiro atoms. The highest BCUT2D eigenvalue weighted by atomic mass is 19.3. The average molecular weight is 237 g/mol. The van der Waals surface area contributed by atoms with Gasteiger partial charge in [-0.05, 0) is 5.56 Å². The fourth-order valence-corrected chi connectivity index (χ4v) is 1.55. The lowest BCUT2D eigenvalue weighted by molar-refractivity contribution is 0.116. The van der Waals surface area contributed by atoms with E-state index in [1.54, 1.807) is 10.9 Å². The van der Waals surface area contributed by atoms with Crippen LogP contribution in [-0.2, 0) is 6.54 Å². The molecule has 0 bridgehead atoms. The molecule has 2 rings (SSSR count). The van der Waals surface area contributed by atoms with E-state index < -0.39 is 12.5 Å². The number of aromatic nitrogens is 2. The van der Waals surface area contributed by atoms with Gasteiger partial charge in [-0.3, -0.25) is 4.68 Å². The summed E-state index contributed by atoms with van der Waals surface area (Å²) in [6, 6.07) is 8.41. The molecule has 1 atom stereocenters. The summed E-state index contributed by atoms with van der Waals surface area (Å²) in [6.45, 7) is 0.552. The van der Waals surface area contributed by atoms with E-state index in [1.807, 2.05) is 30.3 Å². The molecule has 1 aromatic heterocycles. The van der Waals surface area contributed by atoms with Gasteiger partial charge in [0.05, 0.1) is 18.8 Å². The van der Waals surface area contributed by atoms with Crippen LogP contribution in [0.4, 0.5) is 8.78 Å². The van der Waals surface area contributed by atoms with Crippen LogP contribution in [0.2, 0.25) is 0 Å². The van der Waals surface area contributed by atoms with Gasteiger partial charge in [-0.15, -0.1) is 0 Å². The standard InChI is InChI=1S/C12H13F2N3/c13-12(14)11(15)10-6-16-17(8-10)7-9-4-2-1-3-5-9/h1-6,8,11-12H,7,15H2. The predicted molar refractivity (Wildman–Crippen MR) is 60.7 cm³/mol. The van der Waals surface area contributed by atoms with Crippen molar-refractivity contribution in [1.82, 2.24) is 9.78 Å². The van der Waals surface area contributed by atoms with Crippen LogP contribution < -0.4 is 5.73 Å². The fraction of sp³-hybridized carbons (Fsp3) is 0.250. The van der Waals surface area contributed by atoms with Crippen molar-refractivity contribution in [2.45, 2.75) is 19.0 Å². The molecule has 0 aliphatic carbocycles. The van der Waals surface area contributed by atoms with Crippen LogP contribution in [0, 0.1) is 0 Å². The van der Waals surface area contributed by atoms with Gasteiger partial charge in [0.15, 0.2) is 0 Å². The third-order valence-corrected chi connectivity index (χ3v) is 2.50. The van der Waals surface area contributed by atoms with E-state index in [1.165, 1.54) is 6.20 Å². The average Bonchev–Trinajstić information content (AvgIpc) is 2.77. The second-order valence-electron chi connectivity index (χ2n) is 3.82. The Morgan fingerprint density at radius 2 is 1.94 bits per heavy atom. The van der Waals surface area contributed by atoms with Gasteiger partial charge in [-0.1, -0.05) is 30.3 Å². The molecule has 1 unspecified atom stereocenters. The number of hydrogen-bond acceptors (Lipinski definition) is 2. The van der Waals surface area contributed by atoms with Crippen molar-refractivity contribution >= 4 is 0 Å². The lowest BCUT2D eigenvalue weighted by atomic mass is 10.2. The lowest BCUT2D eigenvalue weighted by Gasteiger charge is -2.06. The van der Waals surface area contributed by atoms with Gasteiger partial charge in [0.25, 0.3) is 6.43 Å². The summed E-state index contributed by atoms with van der Waals surface area (Å²) in [4.78, 5) is 0. The number of benzene rings is 1. The van der Waals surface area contributed by atoms with Crippen LogP contribution in [-0.4, -0.2) is 16.2 Å². The van der Waals surface area contributed by atoms with E-state index in [0.717, 1.165) is 5.56 Å². The maximum absolute atomic E-state index is 12.4. The Bertz CT molecular complexity index is 468. The van der Waals surface area contributed by atoms with E-state index >= 15 is 0 Å². The van der Waals surface area contributed by atoms with Gasteiger partial charge in [-0.25, -0.2) is 8.78 Å². The summed E-state index contributed by atoms with van der Waals surface area (Å²) in [5, 5.41) is 4.02. The Labute approximate surface area is 97.9 Å². The van der Waals surface area contributed by atoms with Crippen LogP contribution in [0.15, 0.2) is 42.7 Å². The molecule has 1 aromatic carbocycles. The molecule has 17 heavy (non-hydrogen) atoms. The number of nitrogens with zero attached hydrogens (tertiary/aromatic N) is 2. The number of rotatable bonds is 4. The van der Waals surface area contributed by atoms with Crippen molar-refractivity contribution in [2.75, 3.05) is 0 Å². The highest BCUT2D eigenvalue weighted by Gasteiger charge is 2.18. The first-order valence-corrected chi connectivity index (χ1v) is 5.27. The largest absolute Gasteiger partial charge is 0.319 e. The zero-order chi connectivity index (χ0) is 12.3. The minimum atomic E-state index is -2.57. The first-order valence-electron chi connectivity index (χ1n) is 5.27. The van der Waals surface area contributed by atoms with Gasteiger partial charge in [0, 0.05) is 11.8 Å². The topological polar surface area (TPSA) is 43.8 Å². The highest BCUT2D eigenvalue weighted by molar-refractivity contribution is 5.16. The Hall–Kier alpha value is -1.75. The number of nitrogens with two attached hydrogens (primary N) is 1. The molecule has 0 amide bonds. The Balaban J connectivity index is 2.09. The molecule has 0 saturated heterocycles. The Kier molecular flexibility index (Phi) is 3.49. The molecule has 0 aliphatic rings. The lowest BCUT2D eigenvalue weighted by Crippen LogP contribution is -2.18. The Morgan fingerprint density at radius 1 is 1.24 bits per heavy atom. The van der Waals surface area contributed by atoms with Gasteiger partial charge < -0.3 is 5.73 Å². The smallest absolute Gasteiger partial charge is 0.257 e. The van der Waals surface area contributed by atoms with Gasteiger partial charge in [0.2, 0.25) is 0 Å². The van der Waals surface area contributed by atoms with Gasteiger partial charge in [-0.2, -0.15) is 5.10 Å².